The number of rotatable bonds is 7. The van der Waals surface area contributed by atoms with Gasteiger partial charge in [-0.2, -0.15) is 0 Å². The average Bonchev–Trinajstić information content (AvgIpc) is 3.38. The van der Waals surface area contributed by atoms with Crippen LogP contribution in [0.5, 0.6) is 5.75 Å². The Hall–Kier alpha value is -2.74. The van der Waals surface area contributed by atoms with Gasteiger partial charge in [-0.1, -0.05) is 96.5 Å². The summed E-state index contributed by atoms with van der Waals surface area (Å²) in [5.74, 6) is -0.221. The number of hydrogen-bond acceptors (Lipinski definition) is 2. The molecule has 0 fully saturated rings. The number of methoxy groups -OCH3 is 1. The van der Waals surface area contributed by atoms with Gasteiger partial charge in [0.25, 0.3) is 0 Å². The van der Waals surface area contributed by atoms with Crippen molar-refractivity contribution in [2.24, 2.45) is 0 Å². The molecule has 38 heavy (non-hydrogen) atoms. The highest BCUT2D eigenvalue weighted by atomic mass is 35.5. The zero-order valence-corrected chi connectivity index (χ0v) is 25.0. The van der Waals surface area contributed by atoms with Gasteiger partial charge < -0.3 is 9.47 Å². The van der Waals surface area contributed by atoms with Crippen molar-refractivity contribution in [3.63, 3.8) is 0 Å². The molecular weight excluding hydrogens is 497 g/mol. The van der Waals surface area contributed by atoms with Crippen molar-refractivity contribution in [1.82, 2.24) is 4.57 Å². The molecule has 5 heteroatoms. The predicted octanol–water partition coefficient (Wildman–Crippen LogP) is 10.6. The number of fused-ring (bicyclic) bond motifs is 3. The Morgan fingerprint density at radius 3 is 2.37 bits per heavy atom. The first-order chi connectivity index (χ1) is 18.5. The van der Waals surface area contributed by atoms with Crippen LogP contribution in [0.25, 0.3) is 5.69 Å². The molecule has 2 aromatic carbocycles. The number of allylic oxidation sites excluding steroid dienone is 1. The van der Waals surface area contributed by atoms with Crippen molar-refractivity contribution < 1.29 is 13.9 Å². The van der Waals surface area contributed by atoms with Crippen LogP contribution >= 0.6 is 11.6 Å². The minimum absolute atomic E-state index is 0.173. The molecule has 0 radical (unpaired) electrons. The lowest BCUT2D eigenvalue weighted by molar-refractivity contribution is -0.000345. The summed E-state index contributed by atoms with van der Waals surface area (Å²) < 4.78 is 28.5. The highest BCUT2D eigenvalue weighted by Gasteiger charge is 2.32. The number of benzene rings is 2. The van der Waals surface area contributed by atoms with E-state index in [0.29, 0.717) is 10.6 Å². The number of nitrogens with zero attached hydrogens (tertiary/aromatic N) is 1. The minimum Gasteiger partial charge on any atom is -0.493 e. The summed E-state index contributed by atoms with van der Waals surface area (Å²) >= 11 is 6.34. The lowest BCUT2D eigenvalue weighted by Crippen LogP contribution is -2.12. The maximum Gasteiger partial charge on any atom is 0.165 e. The number of ether oxygens (including phenoxy) is 2. The molecule has 2 unspecified atom stereocenters. The molecular formula is C33H45ClFNO2. The minimum atomic E-state index is -0.519. The molecule has 0 N–H and O–H groups in total. The molecule has 1 aromatic heterocycles. The van der Waals surface area contributed by atoms with Crippen molar-refractivity contribution in [3.8, 4) is 11.4 Å². The fourth-order valence-corrected chi connectivity index (χ4v) is 4.15. The van der Waals surface area contributed by atoms with E-state index in [2.05, 4.69) is 39.6 Å². The summed E-state index contributed by atoms with van der Waals surface area (Å²) in [5, 5.41) is 0.592. The van der Waals surface area contributed by atoms with E-state index in [-0.39, 0.29) is 11.9 Å². The molecule has 1 aliphatic heterocycles. The summed E-state index contributed by atoms with van der Waals surface area (Å²) in [6.45, 7) is 15.8. The maximum absolute atomic E-state index is 14.5. The Bertz CT molecular complexity index is 1080. The summed E-state index contributed by atoms with van der Waals surface area (Å²) in [6, 6.07) is 15.6. The summed E-state index contributed by atoms with van der Waals surface area (Å²) in [5.41, 5.74) is 3.38. The first kappa shape index (κ1) is 33.3. The SMILES string of the molecule is C=CC.CC.CCCC.CCCCCC1OC(c2cccc(F)c2OC)c2cc(Cl)ccc2-n2c#ccc21. The molecule has 0 spiro atoms. The fourth-order valence-electron chi connectivity index (χ4n) is 3.97. The highest BCUT2D eigenvalue weighted by molar-refractivity contribution is 6.30. The van der Waals surface area contributed by atoms with Gasteiger partial charge in [-0.3, -0.25) is 4.57 Å². The van der Waals surface area contributed by atoms with Crippen LogP contribution in [0.2, 0.25) is 5.02 Å². The Balaban J connectivity index is 0.000000708. The van der Waals surface area contributed by atoms with Crippen LogP contribution in [-0.2, 0) is 4.74 Å². The van der Waals surface area contributed by atoms with Crippen LogP contribution in [0, 0.1) is 18.1 Å². The van der Waals surface area contributed by atoms with E-state index in [1.165, 1.54) is 26.0 Å². The molecule has 0 saturated carbocycles. The lowest BCUT2D eigenvalue weighted by Gasteiger charge is -2.24. The van der Waals surface area contributed by atoms with Crippen LogP contribution in [0.3, 0.4) is 0 Å². The predicted molar refractivity (Wildman–Crippen MR) is 159 cm³/mol. The van der Waals surface area contributed by atoms with Gasteiger partial charge >= 0.3 is 0 Å². The molecule has 0 aliphatic carbocycles. The van der Waals surface area contributed by atoms with E-state index in [1.54, 1.807) is 12.1 Å². The van der Waals surface area contributed by atoms with Crippen LogP contribution in [0.4, 0.5) is 4.39 Å². The Kier molecular flexibility index (Phi) is 16.2. The van der Waals surface area contributed by atoms with E-state index in [1.807, 2.05) is 55.7 Å². The first-order valence-corrected chi connectivity index (χ1v) is 14.2. The quantitative estimate of drug-likeness (QED) is 0.219. The average molecular weight is 542 g/mol. The third-order valence-corrected chi connectivity index (χ3v) is 6.09. The number of para-hydroxylation sites is 1. The van der Waals surface area contributed by atoms with Crippen molar-refractivity contribution in [2.45, 2.75) is 92.3 Å². The first-order valence-electron chi connectivity index (χ1n) is 13.8. The van der Waals surface area contributed by atoms with Gasteiger partial charge in [0.15, 0.2) is 11.6 Å². The highest BCUT2D eigenvalue weighted by Crippen LogP contribution is 2.44. The molecule has 2 heterocycles. The van der Waals surface area contributed by atoms with E-state index < -0.39 is 11.9 Å². The van der Waals surface area contributed by atoms with Crippen molar-refractivity contribution in [2.75, 3.05) is 7.11 Å². The van der Waals surface area contributed by atoms with Gasteiger partial charge in [-0.05, 0) is 43.7 Å². The van der Waals surface area contributed by atoms with E-state index in [4.69, 9.17) is 21.1 Å². The smallest absolute Gasteiger partial charge is 0.165 e. The van der Waals surface area contributed by atoms with Gasteiger partial charge in [-0.15, -0.1) is 6.58 Å². The summed E-state index contributed by atoms with van der Waals surface area (Å²) in [7, 11) is 1.47. The normalized spacial score (nSPS) is 14.9. The monoisotopic (exact) mass is 541 g/mol. The number of aromatic nitrogens is 1. The zero-order valence-electron chi connectivity index (χ0n) is 24.2. The molecule has 0 saturated heterocycles. The zero-order chi connectivity index (χ0) is 28.5. The second-order valence-electron chi connectivity index (χ2n) is 8.63. The van der Waals surface area contributed by atoms with Gasteiger partial charge in [0.05, 0.1) is 18.5 Å². The molecule has 2 atom stereocenters. The van der Waals surface area contributed by atoms with E-state index in [0.717, 1.165) is 42.6 Å². The largest absolute Gasteiger partial charge is 0.493 e. The van der Waals surface area contributed by atoms with Crippen molar-refractivity contribution in [1.29, 1.82) is 0 Å². The van der Waals surface area contributed by atoms with E-state index in [9.17, 15) is 4.39 Å². The van der Waals surface area contributed by atoms with Gasteiger partial charge in [-0.25, -0.2) is 4.39 Å². The molecule has 0 amide bonds. The Morgan fingerprint density at radius 2 is 1.76 bits per heavy atom. The molecule has 3 nitrogen and oxygen atoms in total. The Morgan fingerprint density at radius 1 is 1.08 bits per heavy atom. The van der Waals surface area contributed by atoms with Crippen LogP contribution in [0.15, 0.2) is 55.1 Å². The second-order valence-corrected chi connectivity index (χ2v) is 9.07. The molecule has 3 aromatic rings. The fraction of sp³-hybridized carbons (Fsp3) is 0.455. The summed E-state index contributed by atoms with van der Waals surface area (Å²) in [6.07, 6.45) is 11.0. The Labute approximate surface area is 235 Å². The summed E-state index contributed by atoms with van der Waals surface area (Å²) in [4.78, 5) is 0. The third kappa shape index (κ3) is 8.93. The van der Waals surface area contributed by atoms with Crippen LogP contribution in [-0.4, -0.2) is 11.7 Å². The lowest BCUT2D eigenvalue weighted by atomic mass is 9.98. The molecule has 1 aliphatic rings. The molecule has 4 rings (SSSR count). The van der Waals surface area contributed by atoms with Crippen LogP contribution < -0.4 is 4.74 Å². The standard InChI is InChI=1S/C24H23ClFNO2.C4H10.C3H6.C2H6/c1-3-4-5-11-22-21-10-7-14-27(21)20-13-12-16(25)15-18(20)23(29-22)17-8-6-9-19(26)24(17)28-2;1-3-4-2;1-3-2;1-2/h6,8-10,12-13,15,22-23H,3-5,11H2,1-2H3;3-4H2,1-2H3;3H,1H2,2H3;1-2H3. The van der Waals surface area contributed by atoms with Crippen molar-refractivity contribution in [3.05, 3.63) is 95.0 Å². The molecule has 0 bridgehead atoms. The van der Waals surface area contributed by atoms with E-state index >= 15 is 0 Å². The van der Waals surface area contributed by atoms with Gasteiger partial charge in [0, 0.05) is 28.4 Å². The van der Waals surface area contributed by atoms with Crippen LogP contribution in [0.1, 0.15) is 109 Å². The van der Waals surface area contributed by atoms with Crippen molar-refractivity contribution >= 4 is 11.6 Å². The number of halogens is 2. The topological polar surface area (TPSA) is 23.4 Å². The second kappa shape index (κ2) is 18.5. The third-order valence-electron chi connectivity index (χ3n) is 5.85. The number of unbranched alkanes of at least 4 members (excludes halogenated alkanes) is 3. The number of hydrogen-bond donors (Lipinski definition) is 0. The molecule has 208 valence electrons. The van der Waals surface area contributed by atoms with Gasteiger partial charge in [0.1, 0.15) is 12.2 Å². The van der Waals surface area contributed by atoms with Gasteiger partial charge in [0.2, 0.25) is 0 Å². The maximum atomic E-state index is 14.5.